The predicted molar refractivity (Wildman–Crippen MR) is 251 cm³/mol. The van der Waals surface area contributed by atoms with Crippen molar-refractivity contribution >= 4 is 114 Å². The number of furan rings is 1. The fraction of sp³-hybridized carbons (Fsp3) is 0.0370. The molecule has 0 bridgehead atoms. The first kappa shape index (κ1) is 32.4. The highest BCUT2D eigenvalue weighted by atomic mass is 32.1. The van der Waals surface area contributed by atoms with E-state index >= 15 is 0 Å². The molecule has 1 aliphatic carbocycles. The molecule has 280 valence electrons. The molecule has 0 atom stereocenters. The number of aryl methyl sites for hydroxylation is 1. The molecule has 0 radical (unpaired) electrons. The van der Waals surface area contributed by atoms with E-state index < -0.39 is 0 Å². The molecule has 8 aromatic carbocycles. The van der Waals surface area contributed by atoms with E-state index in [1.807, 2.05) is 23.5 Å². The minimum absolute atomic E-state index is 0.576. The van der Waals surface area contributed by atoms with Crippen LogP contribution in [0.15, 0.2) is 168 Å². The molecule has 1 aliphatic rings. The molecule has 14 rings (SSSR count). The van der Waals surface area contributed by atoms with Crippen LogP contribution in [0.1, 0.15) is 17.5 Å². The molecule has 13 aromatic rings. The SMILES string of the molecule is C1=Cc2ccc3c(c2CC1)c1c2ccccc2c2c4ccccc4sc2c1n3-c1nc(-c2ccc3c(c2)c2ccccc2n3-c2ccccc2)c2c(n1)oc1ccccc12. The van der Waals surface area contributed by atoms with Crippen molar-refractivity contribution < 1.29 is 4.42 Å². The van der Waals surface area contributed by atoms with Gasteiger partial charge in [0.15, 0.2) is 0 Å². The van der Waals surface area contributed by atoms with Gasteiger partial charge in [0.05, 0.1) is 37.8 Å². The van der Waals surface area contributed by atoms with Gasteiger partial charge in [-0.1, -0.05) is 121 Å². The molecule has 0 N–H and O–H groups in total. The van der Waals surface area contributed by atoms with Crippen molar-refractivity contribution in [2.24, 2.45) is 0 Å². The molecule has 0 aliphatic heterocycles. The van der Waals surface area contributed by atoms with Crippen LogP contribution < -0.4 is 0 Å². The Hall–Kier alpha value is -7.54. The van der Waals surface area contributed by atoms with Crippen molar-refractivity contribution in [3.05, 3.63) is 175 Å². The van der Waals surface area contributed by atoms with Crippen LogP contribution in [0.2, 0.25) is 0 Å². The molecule has 0 amide bonds. The Kier molecular flexibility index (Phi) is 6.49. The lowest BCUT2D eigenvalue weighted by atomic mass is 9.91. The third-order valence-electron chi connectivity index (χ3n) is 12.8. The second kappa shape index (κ2) is 12.0. The topological polar surface area (TPSA) is 48.8 Å². The Morgan fingerprint density at radius 2 is 1.25 bits per heavy atom. The lowest BCUT2D eigenvalue weighted by molar-refractivity contribution is 0.651. The number of aromatic nitrogens is 4. The Bertz CT molecular complexity index is 4010. The second-order valence-electron chi connectivity index (χ2n) is 15.9. The van der Waals surface area contributed by atoms with E-state index in [9.17, 15) is 0 Å². The zero-order chi connectivity index (χ0) is 39.1. The molecule has 5 nitrogen and oxygen atoms in total. The average molecular weight is 785 g/mol. The highest BCUT2D eigenvalue weighted by molar-refractivity contribution is 7.27. The number of nitrogens with zero attached hydrogens (tertiary/aromatic N) is 4. The van der Waals surface area contributed by atoms with Gasteiger partial charge in [-0.25, -0.2) is 4.98 Å². The van der Waals surface area contributed by atoms with E-state index in [-0.39, 0.29) is 0 Å². The first-order valence-corrected chi connectivity index (χ1v) is 21.4. The van der Waals surface area contributed by atoms with E-state index in [0.29, 0.717) is 11.7 Å². The van der Waals surface area contributed by atoms with Crippen molar-refractivity contribution in [2.75, 3.05) is 0 Å². The first-order valence-electron chi connectivity index (χ1n) is 20.6. The van der Waals surface area contributed by atoms with Gasteiger partial charge in [-0.15, -0.1) is 11.3 Å². The molecular formula is C54H32N4OS. The van der Waals surface area contributed by atoms with E-state index in [0.717, 1.165) is 62.7 Å². The first-order chi connectivity index (χ1) is 29.8. The van der Waals surface area contributed by atoms with Crippen LogP contribution >= 0.6 is 11.3 Å². The Morgan fingerprint density at radius 1 is 0.533 bits per heavy atom. The van der Waals surface area contributed by atoms with Crippen LogP contribution in [0.25, 0.3) is 126 Å². The van der Waals surface area contributed by atoms with Gasteiger partial charge < -0.3 is 8.98 Å². The van der Waals surface area contributed by atoms with Crippen molar-refractivity contribution in [2.45, 2.75) is 12.8 Å². The quantitative estimate of drug-likeness (QED) is 0.179. The molecular weight excluding hydrogens is 753 g/mol. The van der Waals surface area contributed by atoms with Crippen LogP contribution in [-0.2, 0) is 6.42 Å². The molecule has 5 aromatic heterocycles. The summed E-state index contributed by atoms with van der Waals surface area (Å²) in [5.74, 6) is 0.601. The van der Waals surface area contributed by atoms with Gasteiger partial charge in [-0.3, -0.25) is 4.57 Å². The van der Waals surface area contributed by atoms with Crippen LogP contribution in [0.3, 0.4) is 0 Å². The largest absolute Gasteiger partial charge is 0.437 e. The molecule has 0 fully saturated rings. The second-order valence-corrected chi connectivity index (χ2v) is 17.0. The van der Waals surface area contributed by atoms with Crippen molar-refractivity contribution in [1.82, 2.24) is 19.1 Å². The summed E-state index contributed by atoms with van der Waals surface area (Å²) in [6.45, 7) is 0. The van der Waals surface area contributed by atoms with Gasteiger partial charge in [-0.05, 0) is 83.3 Å². The van der Waals surface area contributed by atoms with E-state index in [4.69, 9.17) is 14.4 Å². The molecule has 6 heteroatoms. The fourth-order valence-corrected chi connectivity index (χ4v) is 11.6. The summed E-state index contributed by atoms with van der Waals surface area (Å²) in [4.78, 5) is 11.1. The van der Waals surface area contributed by atoms with Crippen LogP contribution in [0.5, 0.6) is 0 Å². The normalized spacial score (nSPS) is 13.1. The summed E-state index contributed by atoms with van der Waals surface area (Å²) >= 11 is 1.86. The van der Waals surface area contributed by atoms with E-state index in [1.165, 1.54) is 69.1 Å². The maximum atomic E-state index is 6.72. The lowest BCUT2D eigenvalue weighted by Gasteiger charge is -2.13. The molecule has 0 unspecified atom stereocenters. The number of allylic oxidation sites excluding steroid dienone is 1. The summed E-state index contributed by atoms with van der Waals surface area (Å²) in [5.41, 5.74) is 11.6. The zero-order valence-electron chi connectivity index (χ0n) is 32.2. The third kappa shape index (κ3) is 4.30. The summed E-state index contributed by atoms with van der Waals surface area (Å²) in [7, 11) is 0. The van der Waals surface area contributed by atoms with Crippen molar-refractivity contribution in [1.29, 1.82) is 0 Å². The van der Waals surface area contributed by atoms with E-state index in [1.54, 1.807) is 0 Å². The number of thiophene rings is 1. The third-order valence-corrected chi connectivity index (χ3v) is 14.0. The summed E-state index contributed by atoms with van der Waals surface area (Å²) in [5, 5.41) is 11.9. The van der Waals surface area contributed by atoms with Gasteiger partial charge in [0.25, 0.3) is 0 Å². The predicted octanol–water partition coefficient (Wildman–Crippen LogP) is 14.7. The maximum absolute atomic E-state index is 6.72. The highest BCUT2D eigenvalue weighted by Crippen LogP contribution is 2.50. The number of rotatable bonds is 3. The fourth-order valence-electron chi connectivity index (χ4n) is 10.3. The Balaban J connectivity index is 1.15. The van der Waals surface area contributed by atoms with Gasteiger partial charge in [0, 0.05) is 53.7 Å². The summed E-state index contributed by atoms with van der Waals surface area (Å²) in [6.07, 6.45) is 6.58. The van der Waals surface area contributed by atoms with Gasteiger partial charge >= 0.3 is 0 Å². The zero-order valence-corrected chi connectivity index (χ0v) is 33.0. The smallest absolute Gasteiger partial charge is 0.238 e. The summed E-state index contributed by atoms with van der Waals surface area (Å²) < 4.78 is 13.9. The number of para-hydroxylation sites is 3. The minimum Gasteiger partial charge on any atom is -0.437 e. The van der Waals surface area contributed by atoms with Gasteiger partial charge in [0.1, 0.15) is 5.58 Å². The molecule has 60 heavy (non-hydrogen) atoms. The Morgan fingerprint density at radius 3 is 2.13 bits per heavy atom. The van der Waals surface area contributed by atoms with Crippen molar-refractivity contribution in [3.8, 4) is 22.9 Å². The van der Waals surface area contributed by atoms with Gasteiger partial charge in [-0.2, -0.15) is 4.98 Å². The standard InChI is InChI=1S/C54H32N4OS/c1-2-15-33(16-3-1)57-41-23-11-8-18-35(41)40-30-32(27-28-42(40)57)50-49-38-21-9-12-24-44(38)59-53(49)56-54(55-50)58-43-29-26-31-14-4-5-17-34(31)47(43)48-37-20-7-6-19-36(37)46-39-22-10-13-25-45(39)60-52(46)51(48)58/h1-4,6-16,18-30H,5,17H2. The summed E-state index contributed by atoms with van der Waals surface area (Å²) in [6, 6.07) is 56.7. The van der Waals surface area contributed by atoms with Crippen LogP contribution in [0.4, 0.5) is 0 Å². The molecule has 0 saturated carbocycles. The van der Waals surface area contributed by atoms with Crippen LogP contribution in [-0.4, -0.2) is 19.1 Å². The van der Waals surface area contributed by atoms with Crippen molar-refractivity contribution in [3.63, 3.8) is 0 Å². The van der Waals surface area contributed by atoms with Gasteiger partial charge in [0.2, 0.25) is 11.7 Å². The number of benzene rings is 8. The van der Waals surface area contributed by atoms with E-state index in [2.05, 4.69) is 167 Å². The minimum atomic E-state index is 0.576. The number of hydrogen-bond acceptors (Lipinski definition) is 4. The average Bonchev–Trinajstić information content (AvgIpc) is 4.07. The molecule has 0 spiro atoms. The monoisotopic (exact) mass is 784 g/mol. The highest BCUT2D eigenvalue weighted by Gasteiger charge is 2.27. The Labute approximate surface area is 346 Å². The van der Waals surface area contributed by atoms with Crippen LogP contribution in [0, 0.1) is 0 Å². The molecule has 5 heterocycles. The lowest BCUT2D eigenvalue weighted by Crippen LogP contribution is -2.03. The maximum Gasteiger partial charge on any atom is 0.238 e. The number of fused-ring (bicyclic) bond motifs is 18. The number of hydrogen-bond donors (Lipinski definition) is 0. The molecule has 0 saturated heterocycles.